The van der Waals surface area contributed by atoms with Gasteiger partial charge in [-0.1, -0.05) is 30.5 Å². The van der Waals surface area contributed by atoms with Gasteiger partial charge < -0.3 is 4.74 Å². The summed E-state index contributed by atoms with van der Waals surface area (Å²) in [5.74, 6) is 2.16. The predicted molar refractivity (Wildman–Crippen MR) is 107 cm³/mol. The first-order chi connectivity index (χ1) is 13.2. The van der Waals surface area contributed by atoms with Crippen molar-refractivity contribution in [3.8, 4) is 11.6 Å². The quantitative estimate of drug-likeness (QED) is 0.555. The molecule has 0 saturated heterocycles. The summed E-state index contributed by atoms with van der Waals surface area (Å²) in [6.07, 6.45) is 8.52. The fourth-order valence-corrected chi connectivity index (χ4v) is 3.96. The number of aromatic nitrogens is 4. The number of nitrogens with zero attached hydrogens (tertiary/aromatic N) is 4. The van der Waals surface area contributed by atoms with Gasteiger partial charge in [0.2, 0.25) is 11.8 Å². The highest BCUT2D eigenvalue weighted by Gasteiger charge is 2.20. The number of benzene rings is 1. The summed E-state index contributed by atoms with van der Waals surface area (Å²) in [5.41, 5.74) is 1.02. The maximum Gasteiger partial charge on any atom is 0.236 e. The van der Waals surface area contributed by atoms with Crippen LogP contribution in [-0.4, -0.2) is 19.7 Å². The first kappa shape index (κ1) is 18.1. The Bertz CT molecular complexity index is 926. The average molecular weight is 402 g/mol. The van der Waals surface area contributed by atoms with Crippen LogP contribution in [0.5, 0.6) is 11.6 Å². The van der Waals surface area contributed by atoms with Crippen molar-refractivity contribution in [1.82, 2.24) is 19.7 Å². The monoisotopic (exact) mass is 401 g/mol. The number of hydrogen-bond donors (Lipinski definition) is 1. The lowest BCUT2D eigenvalue weighted by Gasteiger charge is -2.13. The van der Waals surface area contributed by atoms with E-state index >= 15 is 0 Å². The third-order valence-corrected chi connectivity index (χ3v) is 5.42. The summed E-state index contributed by atoms with van der Waals surface area (Å²) in [6.45, 7) is 0. The minimum atomic E-state index is 0.457. The van der Waals surface area contributed by atoms with Crippen molar-refractivity contribution in [2.75, 3.05) is 4.72 Å². The number of aryl methyl sites for hydroxylation is 1. The van der Waals surface area contributed by atoms with E-state index in [9.17, 15) is 0 Å². The normalized spacial score (nSPS) is 14.4. The predicted octanol–water partition coefficient (Wildman–Crippen LogP) is 5.43. The summed E-state index contributed by atoms with van der Waals surface area (Å²) in [4.78, 5) is 10.2. The van der Waals surface area contributed by atoms with E-state index in [0.29, 0.717) is 28.5 Å². The van der Waals surface area contributed by atoms with Gasteiger partial charge >= 0.3 is 0 Å². The Morgan fingerprint density at radius 3 is 2.81 bits per heavy atom. The molecule has 1 aliphatic rings. The molecule has 0 radical (unpaired) electrons. The van der Waals surface area contributed by atoms with Crippen LogP contribution in [0.4, 0.5) is 5.95 Å². The molecule has 1 fully saturated rings. The van der Waals surface area contributed by atoms with Crippen molar-refractivity contribution in [3.63, 3.8) is 0 Å². The molecule has 6 nitrogen and oxygen atoms in total. The van der Waals surface area contributed by atoms with Gasteiger partial charge in [-0.25, -0.2) is 4.98 Å². The van der Waals surface area contributed by atoms with Crippen LogP contribution in [0, 0.1) is 0 Å². The largest absolute Gasteiger partial charge is 0.439 e. The lowest BCUT2D eigenvalue weighted by molar-refractivity contribution is 0.460. The third-order valence-electron chi connectivity index (χ3n) is 4.46. The van der Waals surface area contributed by atoms with Crippen LogP contribution in [0.2, 0.25) is 5.02 Å². The smallest absolute Gasteiger partial charge is 0.236 e. The van der Waals surface area contributed by atoms with Gasteiger partial charge in [-0.2, -0.15) is 10.1 Å². The van der Waals surface area contributed by atoms with Gasteiger partial charge in [0.25, 0.3) is 0 Å². The highest BCUT2D eigenvalue weighted by molar-refractivity contribution is 8.00. The molecular weight excluding hydrogens is 382 g/mol. The maximum absolute atomic E-state index is 6.06. The Kier molecular flexibility index (Phi) is 5.50. The van der Waals surface area contributed by atoms with E-state index in [1.54, 1.807) is 16.9 Å². The summed E-state index contributed by atoms with van der Waals surface area (Å²) in [5, 5.41) is 4.80. The Balaban J connectivity index is 1.57. The molecule has 1 aliphatic carbocycles. The molecule has 27 heavy (non-hydrogen) atoms. The van der Waals surface area contributed by atoms with Gasteiger partial charge in [-0.3, -0.25) is 9.40 Å². The zero-order valence-corrected chi connectivity index (χ0v) is 16.5. The first-order valence-electron chi connectivity index (χ1n) is 8.89. The Labute approximate surface area is 167 Å². The number of anilines is 1. The van der Waals surface area contributed by atoms with Crippen LogP contribution in [0.15, 0.2) is 47.6 Å². The number of hydrogen-bond acceptors (Lipinski definition) is 6. The lowest BCUT2D eigenvalue weighted by Crippen LogP contribution is -2.03. The van der Waals surface area contributed by atoms with Gasteiger partial charge in [0.15, 0.2) is 0 Å². The second-order valence-electron chi connectivity index (χ2n) is 6.55. The molecule has 0 bridgehead atoms. The zero-order chi connectivity index (χ0) is 18.6. The molecule has 0 aliphatic heterocycles. The van der Waals surface area contributed by atoms with E-state index < -0.39 is 0 Å². The van der Waals surface area contributed by atoms with Gasteiger partial charge in [0.1, 0.15) is 5.75 Å². The molecule has 0 unspecified atom stereocenters. The van der Waals surface area contributed by atoms with E-state index in [0.717, 1.165) is 23.4 Å². The van der Waals surface area contributed by atoms with E-state index in [1.807, 2.05) is 37.5 Å². The maximum atomic E-state index is 6.06. The van der Waals surface area contributed by atoms with Gasteiger partial charge in [-0.15, -0.1) is 0 Å². The molecule has 2 aromatic heterocycles. The van der Waals surface area contributed by atoms with E-state index in [-0.39, 0.29) is 0 Å². The molecule has 2 heterocycles. The molecular formula is C19H20ClN5OS. The standard InChI is InChI=1S/C19H20ClN5OS/c1-25-12-16(11-21-25)27-24-19-22-17(13-5-2-3-6-13)10-18(23-19)26-15-8-4-7-14(20)9-15/h4,7-13H,2-3,5-6H2,1H3,(H,22,23,24). The summed E-state index contributed by atoms with van der Waals surface area (Å²) in [6, 6.07) is 9.25. The van der Waals surface area contributed by atoms with Gasteiger partial charge in [0.05, 0.1) is 16.8 Å². The Morgan fingerprint density at radius 1 is 1.22 bits per heavy atom. The summed E-state index contributed by atoms with van der Waals surface area (Å²) in [7, 11) is 1.89. The van der Waals surface area contributed by atoms with Crippen molar-refractivity contribution in [2.45, 2.75) is 36.5 Å². The minimum absolute atomic E-state index is 0.457. The first-order valence-corrected chi connectivity index (χ1v) is 10.1. The van der Waals surface area contributed by atoms with Crippen LogP contribution in [0.3, 0.4) is 0 Å². The van der Waals surface area contributed by atoms with Gasteiger partial charge in [0, 0.05) is 30.3 Å². The second-order valence-corrected chi connectivity index (χ2v) is 7.87. The highest BCUT2D eigenvalue weighted by atomic mass is 35.5. The molecule has 0 amide bonds. The second kappa shape index (κ2) is 8.19. The number of halogens is 1. The molecule has 3 aromatic rings. The number of rotatable bonds is 6. The lowest BCUT2D eigenvalue weighted by atomic mass is 10.0. The highest BCUT2D eigenvalue weighted by Crippen LogP contribution is 2.35. The molecule has 1 N–H and O–H groups in total. The molecule has 1 aromatic carbocycles. The molecule has 0 atom stereocenters. The van der Waals surface area contributed by atoms with Crippen molar-refractivity contribution in [1.29, 1.82) is 0 Å². The fourth-order valence-electron chi connectivity index (χ4n) is 3.18. The van der Waals surface area contributed by atoms with Crippen LogP contribution < -0.4 is 9.46 Å². The Hall–Kier alpha value is -2.25. The van der Waals surface area contributed by atoms with Crippen molar-refractivity contribution >= 4 is 29.5 Å². The van der Waals surface area contributed by atoms with Crippen LogP contribution in [0.25, 0.3) is 0 Å². The SMILES string of the molecule is Cn1cc(SNc2nc(Oc3cccc(Cl)c3)cc(C3CCCC3)n2)cn1. The average Bonchev–Trinajstić information content (AvgIpc) is 3.32. The van der Waals surface area contributed by atoms with Crippen molar-refractivity contribution < 1.29 is 4.74 Å². The molecule has 0 spiro atoms. The van der Waals surface area contributed by atoms with E-state index in [1.165, 1.54) is 24.8 Å². The van der Waals surface area contributed by atoms with Crippen LogP contribution >= 0.6 is 23.5 Å². The number of nitrogens with one attached hydrogen (secondary N) is 1. The van der Waals surface area contributed by atoms with E-state index in [2.05, 4.69) is 14.8 Å². The fraction of sp³-hybridized carbons (Fsp3) is 0.316. The van der Waals surface area contributed by atoms with Crippen LogP contribution in [0.1, 0.15) is 37.3 Å². The molecule has 4 rings (SSSR count). The summed E-state index contributed by atoms with van der Waals surface area (Å²) >= 11 is 7.49. The van der Waals surface area contributed by atoms with Crippen molar-refractivity contribution in [3.05, 3.63) is 53.4 Å². The third kappa shape index (κ3) is 4.73. The van der Waals surface area contributed by atoms with Crippen molar-refractivity contribution in [2.24, 2.45) is 7.05 Å². The molecule has 140 valence electrons. The van der Waals surface area contributed by atoms with Gasteiger partial charge in [-0.05, 0) is 43.0 Å². The molecule has 8 heteroatoms. The van der Waals surface area contributed by atoms with E-state index in [4.69, 9.17) is 21.3 Å². The molecule has 1 saturated carbocycles. The van der Waals surface area contributed by atoms with Crippen LogP contribution in [-0.2, 0) is 7.05 Å². The topological polar surface area (TPSA) is 64.9 Å². The summed E-state index contributed by atoms with van der Waals surface area (Å²) < 4.78 is 10.9. The number of ether oxygens (including phenoxy) is 1. The Morgan fingerprint density at radius 2 is 2.07 bits per heavy atom. The zero-order valence-electron chi connectivity index (χ0n) is 14.9. The minimum Gasteiger partial charge on any atom is -0.439 e.